The van der Waals surface area contributed by atoms with Crippen LogP contribution in [0.15, 0.2) is 18.2 Å². The maximum absolute atomic E-state index is 12.1. The predicted molar refractivity (Wildman–Crippen MR) is 82.8 cm³/mol. The summed E-state index contributed by atoms with van der Waals surface area (Å²) in [6.45, 7) is 5.50. The number of nitrogens with zero attached hydrogens (tertiary/aromatic N) is 1. The highest BCUT2D eigenvalue weighted by Gasteiger charge is 2.25. The molecule has 1 saturated heterocycles. The minimum Gasteiger partial charge on any atom is -0.370 e. The first-order valence-corrected chi connectivity index (χ1v) is 7.69. The Kier molecular flexibility index (Phi) is 5.88. The molecule has 0 unspecified atom stereocenters. The summed E-state index contributed by atoms with van der Waals surface area (Å²) in [5, 5.41) is 0.999. The van der Waals surface area contributed by atoms with Gasteiger partial charge in [0.05, 0.1) is 29.3 Å². The third-order valence-corrected chi connectivity index (χ3v) is 4.01. The molecule has 0 saturated carbocycles. The first kappa shape index (κ1) is 16.6. The normalized spacial score (nSPS) is 19.1. The number of carbonyl (C=O) groups excluding carboxylic acids is 1. The molecule has 1 heterocycles. The molecule has 116 valence electrons. The number of amides is 1. The van der Waals surface area contributed by atoms with Gasteiger partial charge in [0.15, 0.2) is 0 Å². The Balaban J connectivity index is 1.99. The van der Waals surface area contributed by atoms with Crippen molar-refractivity contribution in [3.8, 4) is 0 Å². The van der Waals surface area contributed by atoms with Crippen LogP contribution in [0.25, 0.3) is 0 Å². The molecular weight excluding hydrogens is 313 g/mol. The summed E-state index contributed by atoms with van der Waals surface area (Å²) in [4.78, 5) is 13.9. The van der Waals surface area contributed by atoms with Crippen LogP contribution in [0.3, 0.4) is 0 Å². The lowest BCUT2D eigenvalue weighted by atomic mass is 10.1. The first-order chi connectivity index (χ1) is 9.97. The monoisotopic (exact) mass is 331 g/mol. The molecule has 1 aliphatic heterocycles. The molecule has 0 aliphatic carbocycles. The summed E-state index contributed by atoms with van der Waals surface area (Å²) in [6, 6.07) is 5.40. The second-order valence-electron chi connectivity index (χ2n) is 5.23. The molecule has 1 aromatic carbocycles. The molecule has 2 rings (SSSR count). The zero-order valence-electron chi connectivity index (χ0n) is 12.1. The van der Waals surface area contributed by atoms with Gasteiger partial charge in [0.25, 0.3) is 0 Å². The fraction of sp³-hybridized carbons (Fsp3) is 0.533. The van der Waals surface area contributed by atoms with Crippen LogP contribution in [-0.4, -0.2) is 43.2 Å². The van der Waals surface area contributed by atoms with Crippen LogP contribution in [0.5, 0.6) is 0 Å². The molecule has 0 spiro atoms. The van der Waals surface area contributed by atoms with E-state index in [1.165, 1.54) is 0 Å². The van der Waals surface area contributed by atoms with Gasteiger partial charge in [0, 0.05) is 6.54 Å². The summed E-state index contributed by atoms with van der Waals surface area (Å²) >= 11 is 11.9. The topological polar surface area (TPSA) is 38.8 Å². The van der Waals surface area contributed by atoms with Crippen LogP contribution in [0.2, 0.25) is 10.0 Å². The molecular formula is C15H19Cl2NO3. The maximum atomic E-state index is 12.1. The van der Waals surface area contributed by atoms with E-state index in [0.29, 0.717) is 29.7 Å². The summed E-state index contributed by atoms with van der Waals surface area (Å²) in [5.74, 6) is -0.0166. The van der Waals surface area contributed by atoms with Gasteiger partial charge in [-0.1, -0.05) is 29.3 Å². The highest BCUT2D eigenvalue weighted by molar-refractivity contribution is 6.42. The van der Waals surface area contributed by atoms with Gasteiger partial charge in [0.1, 0.15) is 12.7 Å². The van der Waals surface area contributed by atoms with Crippen molar-refractivity contribution in [3.05, 3.63) is 33.8 Å². The summed E-state index contributed by atoms with van der Waals surface area (Å²) < 4.78 is 11.1. The van der Waals surface area contributed by atoms with Gasteiger partial charge in [-0.25, -0.2) is 0 Å². The number of rotatable bonds is 4. The minimum absolute atomic E-state index is 0.0166. The summed E-state index contributed by atoms with van der Waals surface area (Å²) in [7, 11) is 0. The Labute approximate surface area is 134 Å². The fourth-order valence-corrected chi connectivity index (χ4v) is 2.43. The van der Waals surface area contributed by atoms with Crippen molar-refractivity contribution in [2.45, 2.75) is 26.1 Å². The molecule has 4 nitrogen and oxygen atoms in total. The van der Waals surface area contributed by atoms with E-state index in [1.807, 2.05) is 19.9 Å². The second kappa shape index (κ2) is 7.45. The van der Waals surface area contributed by atoms with Gasteiger partial charge in [-0.15, -0.1) is 0 Å². The number of halogens is 2. The van der Waals surface area contributed by atoms with Crippen LogP contribution in [0.4, 0.5) is 0 Å². The van der Waals surface area contributed by atoms with Crippen LogP contribution in [0, 0.1) is 0 Å². The largest absolute Gasteiger partial charge is 0.370 e. The van der Waals surface area contributed by atoms with E-state index in [2.05, 4.69) is 0 Å². The van der Waals surface area contributed by atoms with E-state index in [0.717, 1.165) is 5.56 Å². The number of ether oxygens (including phenoxy) is 2. The van der Waals surface area contributed by atoms with Crippen molar-refractivity contribution < 1.29 is 14.3 Å². The van der Waals surface area contributed by atoms with Crippen molar-refractivity contribution in [2.75, 3.05) is 26.3 Å². The molecule has 0 radical (unpaired) electrons. The molecule has 1 fully saturated rings. The van der Waals surface area contributed by atoms with Crippen molar-refractivity contribution in [2.24, 2.45) is 0 Å². The van der Waals surface area contributed by atoms with Gasteiger partial charge < -0.3 is 14.4 Å². The smallest absolute Gasteiger partial charge is 0.248 e. The molecule has 1 aliphatic rings. The molecule has 0 bridgehead atoms. The summed E-state index contributed by atoms with van der Waals surface area (Å²) in [6.07, 6.45) is -0.141. The van der Waals surface area contributed by atoms with Gasteiger partial charge in [-0.2, -0.15) is 0 Å². The molecule has 1 amide bonds. The van der Waals surface area contributed by atoms with Crippen LogP contribution >= 0.6 is 23.2 Å². The molecule has 0 aromatic heterocycles. The van der Waals surface area contributed by atoms with Crippen molar-refractivity contribution in [1.29, 1.82) is 0 Å². The lowest BCUT2D eigenvalue weighted by molar-refractivity contribution is -0.145. The van der Waals surface area contributed by atoms with Gasteiger partial charge in [0.2, 0.25) is 5.91 Å². The molecule has 1 aromatic rings. The van der Waals surface area contributed by atoms with E-state index < -0.39 is 0 Å². The van der Waals surface area contributed by atoms with Crippen molar-refractivity contribution in [1.82, 2.24) is 4.90 Å². The zero-order chi connectivity index (χ0) is 15.4. The Bertz CT molecular complexity index is 508. The number of hydrogen-bond acceptors (Lipinski definition) is 3. The lowest BCUT2D eigenvalue weighted by Gasteiger charge is -2.33. The number of benzene rings is 1. The van der Waals surface area contributed by atoms with Crippen LogP contribution < -0.4 is 0 Å². The Morgan fingerprint density at radius 2 is 2.19 bits per heavy atom. The van der Waals surface area contributed by atoms with Crippen LogP contribution in [0.1, 0.15) is 25.5 Å². The second-order valence-corrected chi connectivity index (χ2v) is 6.05. The quantitative estimate of drug-likeness (QED) is 0.849. The Hall–Kier alpha value is -0.810. The number of hydrogen-bond donors (Lipinski definition) is 0. The van der Waals surface area contributed by atoms with Crippen molar-refractivity contribution in [3.63, 3.8) is 0 Å². The molecule has 6 heteroatoms. The third kappa shape index (κ3) is 4.58. The highest BCUT2D eigenvalue weighted by Crippen LogP contribution is 2.29. The Morgan fingerprint density at radius 3 is 2.86 bits per heavy atom. The average Bonchev–Trinajstić information content (AvgIpc) is 2.47. The predicted octanol–water partition coefficient (Wildman–Crippen LogP) is 3.32. The number of carbonyl (C=O) groups is 1. The molecule has 21 heavy (non-hydrogen) atoms. The standard InChI is InChI=1S/C15H19Cl2NO3/c1-10(2)21-9-15(19)18-5-6-20-14(8-18)11-3-4-12(16)13(17)7-11/h3-4,7,10,14H,5-6,8-9H2,1-2H3/t14-/m0/s1. The SMILES string of the molecule is CC(C)OCC(=O)N1CCO[C@H](c2ccc(Cl)c(Cl)c2)C1. The van der Waals surface area contributed by atoms with Crippen molar-refractivity contribution >= 4 is 29.1 Å². The van der Waals surface area contributed by atoms with E-state index in [1.54, 1.807) is 17.0 Å². The molecule has 1 atom stereocenters. The van der Waals surface area contributed by atoms with Gasteiger partial charge in [-0.3, -0.25) is 4.79 Å². The lowest BCUT2D eigenvalue weighted by Crippen LogP contribution is -2.44. The fourth-order valence-electron chi connectivity index (χ4n) is 2.12. The van der Waals surface area contributed by atoms with Crippen LogP contribution in [-0.2, 0) is 14.3 Å². The Morgan fingerprint density at radius 1 is 1.43 bits per heavy atom. The summed E-state index contributed by atoms with van der Waals surface area (Å²) in [5.41, 5.74) is 0.923. The molecule has 0 N–H and O–H groups in total. The van der Waals surface area contributed by atoms with E-state index in [9.17, 15) is 4.79 Å². The average molecular weight is 332 g/mol. The minimum atomic E-state index is -0.184. The van der Waals surface area contributed by atoms with E-state index in [4.69, 9.17) is 32.7 Å². The number of morpholine rings is 1. The van der Waals surface area contributed by atoms with Gasteiger partial charge >= 0.3 is 0 Å². The third-order valence-electron chi connectivity index (χ3n) is 3.27. The first-order valence-electron chi connectivity index (χ1n) is 6.93. The zero-order valence-corrected chi connectivity index (χ0v) is 13.7. The van der Waals surface area contributed by atoms with Gasteiger partial charge in [-0.05, 0) is 31.5 Å². The maximum Gasteiger partial charge on any atom is 0.248 e. The highest BCUT2D eigenvalue weighted by atomic mass is 35.5. The van der Waals surface area contributed by atoms with E-state index >= 15 is 0 Å². The van der Waals surface area contributed by atoms with E-state index in [-0.39, 0.29) is 24.7 Å².